The third-order valence-corrected chi connectivity index (χ3v) is 4.85. The largest absolute Gasteiger partial charge is 0.336 e. The molecule has 108 valence electrons. The maximum Gasteiger partial charge on any atom is 0.254 e. The van der Waals surface area contributed by atoms with Crippen molar-refractivity contribution < 1.29 is 4.79 Å². The van der Waals surface area contributed by atoms with Crippen LogP contribution in [0.15, 0.2) is 23.1 Å². The number of fused-ring (bicyclic) bond motifs is 1. The fraction of sp³-hybridized carbons (Fsp3) is 0.562. The van der Waals surface area contributed by atoms with Crippen LogP contribution in [0.2, 0.25) is 0 Å². The molecule has 0 saturated carbocycles. The maximum absolute atomic E-state index is 12.7. The molecule has 0 spiro atoms. The van der Waals surface area contributed by atoms with Crippen molar-refractivity contribution >= 4 is 18.5 Å². The van der Waals surface area contributed by atoms with Crippen molar-refractivity contribution in [1.29, 1.82) is 0 Å². The number of hydrogen-bond acceptors (Lipinski definition) is 3. The highest BCUT2D eigenvalue weighted by atomic mass is 32.1. The summed E-state index contributed by atoms with van der Waals surface area (Å²) in [4.78, 5) is 18.2. The molecule has 0 aliphatic carbocycles. The number of piperazine rings is 1. The third kappa shape index (κ3) is 2.72. The summed E-state index contributed by atoms with van der Waals surface area (Å²) in [6, 6.07) is 6.38. The van der Waals surface area contributed by atoms with Crippen LogP contribution in [0.3, 0.4) is 0 Å². The number of aryl methyl sites for hydroxylation is 1. The SMILES string of the molecule is Cc1ccc(S)cc1C(=O)N1CCN2CCCCC2C1. The zero-order chi connectivity index (χ0) is 14.1. The van der Waals surface area contributed by atoms with E-state index >= 15 is 0 Å². The van der Waals surface area contributed by atoms with Gasteiger partial charge in [0, 0.05) is 36.1 Å². The number of amides is 1. The number of carbonyl (C=O) groups is 1. The second-order valence-electron chi connectivity index (χ2n) is 5.94. The first-order valence-electron chi connectivity index (χ1n) is 7.48. The number of nitrogens with zero attached hydrogens (tertiary/aromatic N) is 2. The summed E-state index contributed by atoms with van der Waals surface area (Å²) < 4.78 is 0. The zero-order valence-corrected chi connectivity index (χ0v) is 12.9. The quantitative estimate of drug-likeness (QED) is 0.804. The van der Waals surface area contributed by atoms with E-state index in [0.717, 1.165) is 35.7 Å². The van der Waals surface area contributed by atoms with Crippen LogP contribution in [-0.4, -0.2) is 47.9 Å². The molecule has 2 aliphatic rings. The van der Waals surface area contributed by atoms with Gasteiger partial charge in [0.2, 0.25) is 0 Å². The number of thiol groups is 1. The fourth-order valence-corrected chi connectivity index (χ4v) is 3.55. The van der Waals surface area contributed by atoms with Gasteiger partial charge in [0.15, 0.2) is 0 Å². The van der Waals surface area contributed by atoms with Crippen molar-refractivity contribution in [1.82, 2.24) is 9.80 Å². The van der Waals surface area contributed by atoms with Gasteiger partial charge in [0.05, 0.1) is 0 Å². The molecule has 2 aliphatic heterocycles. The lowest BCUT2D eigenvalue weighted by atomic mass is 9.98. The van der Waals surface area contributed by atoms with Crippen molar-refractivity contribution in [3.8, 4) is 0 Å². The minimum atomic E-state index is 0.170. The summed E-state index contributed by atoms with van der Waals surface area (Å²) in [5.41, 5.74) is 1.85. The van der Waals surface area contributed by atoms with E-state index in [4.69, 9.17) is 0 Å². The molecule has 0 aromatic heterocycles. The molecule has 1 aromatic rings. The predicted octanol–water partition coefficient (Wildman–Crippen LogP) is 2.59. The van der Waals surface area contributed by atoms with Crippen molar-refractivity contribution in [2.45, 2.75) is 37.1 Å². The van der Waals surface area contributed by atoms with Gasteiger partial charge >= 0.3 is 0 Å². The Bertz CT molecular complexity index is 517. The van der Waals surface area contributed by atoms with E-state index < -0.39 is 0 Å². The fourth-order valence-electron chi connectivity index (χ4n) is 3.35. The Hall–Kier alpha value is -1.00. The van der Waals surface area contributed by atoms with Gasteiger partial charge in [0.25, 0.3) is 5.91 Å². The molecule has 20 heavy (non-hydrogen) atoms. The van der Waals surface area contributed by atoms with Gasteiger partial charge in [-0.25, -0.2) is 0 Å². The molecule has 1 aromatic carbocycles. The molecule has 3 nitrogen and oxygen atoms in total. The van der Waals surface area contributed by atoms with Crippen LogP contribution in [0.1, 0.15) is 35.2 Å². The Morgan fingerprint density at radius 1 is 1.25 bits per heavy atom. The molecule has 3 rings (SSSR count). The first-order chi connectivity index (χ1) is 9.65. The summed E-state index contributed by atoms with van der Waals surface area (Å²) in [5, 5.41) is 0. The lowest BCUT2D eigenvalue weighted by Crippen LogP contribution is -2.56. The predicted molar refractivity (Wildman–Crippen MR) is 83.5 cm³/mol. The monoisotopic (exact) mass is 290 g/mol. The van der Waals surface area contributed by atoms with Gasteiger partial charge < -0.3 is 4.90 Å². The van der Waals surface area contributed by atoms with Crippen LogP contribution in [0.25, 0.3) is 0 Å². The lowest BCUT2D eigenvalue weighted by molar-refractivity contribution is 0.0372. The van der Waals surface area contributed by atoms with Crippen LogP contribution in [-0.2, 0) is 0 Å². The zero-order valence-electron chi connectivity index (χ0n) is 12.0. The smallest absolute Gasteiger partial charge is 0.254 e. The molecule has 1 amide bonds. The topological polar surface area (TPSA) is 23.6 Å². The van der Waals surface area contributed by atoms with Gasteiger partial charge in [-0.05, 0) is 44.0 Å². The molecule has 2 heterocycles. The molecule has 0 bridgehead atoms. The lowest BCUT2D eigenvalue weighted by Gasteiger charge is -2.44. The Morgan fingerprint density at radius 3 is 2.95 bits per heavy atom. The summed E-state index contributed by atoms with van der Waals surface area (Å²) in [6.45, 7) is 5.96. The number of piperidine rings is 1. The molecule has 2 fully saturated rings. The highest BCUT2D eigenvalue weighted by Gasteiger charge is 2.31. The molecular formula is C16H22N2OS. The first kappa shape index (κ1) is 14.0. The first-order valence-corrected chi connectivity index (χ1v) is 7.93. The summed E-state index contributed by atoms with van der Waals surface area (Å²) in [5.74, 6) is 0.170. The van der Waals surface area contributed by atoms with Gasteiger partial charge in [-0.15, -0.1) is 12.6 Å². The Kier molecular flexibility index (Phi) is 4.03. The Balaban J connectivity index is 1.76. The highest BCUT2D eigenvalue weighted by molar-refractivity contribution is 7.80. The number of carbonyl (C=O) groups excluding carboxylic acids is 1. The molecule has 1 atom stereocenters. The van der Waals surface area contributed by atoms with Crippen LogP contribution in [0.5, 0.6) is 0 Å². The van der Waals surface area contributed by atoms with Crippen molar-refractivity contribution in [3.05, 3.63) is 29.3 Å². The Labute approximate surface area is 126 Å². The van der Waals surface area contributed by atoms with Crippen molar-refractivity contribution in [2.24, 2.45) is 0 Å². The second-order valence-corrected chi connectivity index (χ2v) is 6.45. The number of benzene rings is 1. The van der Waals surface area contributed by atoms with E-state index in [-0.39, 0.29) is 5.91 Å². The molecule has 1 unspecified atom stereocenters. The number of rotatable bonds is 1. The van der Waals surface area contributed by atoms with Crippen molar-refractivity contribution in [3.63, 3.8) is 0 Å². The molecular weight excluding hydrogens is 268 g/mol. The van der Waals surface area contributed by atoms with Crippen molar-refractivity contribution in [2.75, 3.05) is 26.2 Å². The van der Waals surface area contributed by atoms with Crippen LogP contribution in [0, 0.1) is 6.92 Å². The Morgan fingerprint density at radius 2 is 2.10 bits per heavy atom. The molecule has 0 radical (unpaired) electrons. The van der Waals surface area contributed by atoms with Crippen LogP contribution >= 0.6 is 12.6 Å². The standard InChI is InChI=1S/C16H22N2OS/c1-12-5-6-14(20)10-15(12)16(19)18-9-8-17-7-3-2-4-13(17)11-18/h5-6,10,13,20H,2-4,7-9,11H2,1H3. The molecule has 2 saturated heterocycles. The second kappa shape index (κ2) is 5.78. The van der Waals surface area contributed by atoms with E-state index in [9.17, 15) is 4.79 Å². The average Bonchev–Trinajstić information content (AvgIpc) is 2.48. The maximum atomic E-state index is 12.7. The third-order valence-electron chi connectivity index (χ3n) is 4.58. The van der Waals surface area contributed by atoms with E-state index in [1.165, 1.54) is 25.8 Å². The van der Waals surface area contributed by atoms with Gasteiger partial charge in [-0.2, -0.15) is 0 Å². The minimum absolute atomic E-state index is 0.170. The normalized spacial score (nSPS) is 23.5. The van der Waals surface area contributed by atoms with E-state index in [1.807, 2.05) is 30.0 Å². The van der Waals surface area contributed by atoms with Gasteiger partial charge in [-0.1, -0.05) is 12.5 Å². The van der Waals surface area contributed by atoms with Gasteiger partial charge in [-0.3, -0.25) is 9.69 Å². The van der Waals surface area contributed by atoms with E-state index in [2.05, 4.69) is 17.5 Å². The molecule has 4 heteroatoms. The summed E-state index contributed by atoms with van der Waals surface area (Å²) in [7, 11) is 0. The molecule has 0 N–H and O–H groups in total. The van der Waals surface area contributed by atoms with E-state index in [0.29, 0.717) is 6.04 Å². The number of hydrogen-bond donors (Lipinski definition) is 1. The summed E-state index contributed by atoms with van der Waals surface area (Å²) in [6.07, 6.45) is 3.84. The van der Waals surface area contributed by atoms with E-state index in [1.54, 1.807) is 0 Å². The van der Waals surface area contributed by atoms with Crippen LogP contribution in [0.4, 0.5) is 0 Å². The summed E-state index contributed by atoms with van der Waals surface area (Å²) >= 11 is 4.36. The average molecular weight is 290 g/mol. The van der Waals surface area contributed by atoms with Crippen LogP contribution < -0.4 is 0 Å². The van der Waals surface area contributed by atoms with Gasteiger partial charge in [0.1, 0.15) is 0 Å². The minimum Gasteiger partial charge on any atom is -0.336 e. The highest BCUT2D eigenvalue weighted by Crippen LogP contribution is 2.23.